The van der Waals surface area contributed by atoms with Crippen LogP contribution in [0.3, 0.4) is 0 Å². The highest BCUT2D eigenvalue weighted by Crippen LogP contribution is 2.32. The maximum Gasteiger partial charge on any atom is 0.326 e. The second kappa shape index (κ2) is 11.1. The van der Waals surface area contributed by atoms with E-state index in [1.807, 2.05) is 57.2 Å². The van der Waals surface area contributed by atoms with Crippen molar-refractivity contribution in [3.05, 3.63) is 52.4 Å². The number of nitrogens with zero attached hydrogens (tertiary/aromatic N) is 1. The first-order chi connectivity index (χ1) is 14.2. The van der Waals surface area contributed by atoms with Gasteiger partial charge in [0.1, 0.15) is 10.4 Å². The van der Waals surface area contributed by atoms with E-state index >= 15 is 0 Å². The molecule has 1 aliphatic rings. The average Bonchev–Trinajstić information content (AvgIpc) is 2.92. The zero-order chi connectivity index (χ0) is 22.3. The van der Waals surface area contributed by atoms with Crippen molar-refractivity contribution in [3.63, 3.8) is 0 Å². The molecule has 1 aliphatic heterocycles. The van der Waals surface area contributed by atoms with Crippen molar-refractivity contribution in [2.45, 2.75) is 39.7 Å². The monoisotopic (exact) mass is 446 g/mol. The maximum atomic E-state index is 12.7. The molecule has 2 amide bonds. The van der Waals surface area contributed by atoms with Gasteiger partial charge in [0.15, 0.2) is 0 Å². The number of carboxylic acids is 1. The number of carbonyl (C=O) groups is 3. The van der Waals surface area contributed by atoms with E-state index in [1.165, 1.54) is 16.7 Å². The van der Waals surface area contributed by atoms with Crippen LogP contribution in [0.25, 0.3) is 6.08 Å². The van der Waals surface area contributed by atoms with E-state index in [2.05, 4.69) is 5.32 Å². The smallest absolute Gasteiger partial charge is 0.326 e. The average molecular weight is 447 g/mol. The molecule has 1 aromatic carbocycles. The van der Waals surface area contributed by atoms with E-state index in [0.717, 1.165) is 11.1 Å². The van der Waals surface area contributed by atoms with Crippen LogP contribution < -0.4 is 5.32 Å². The second-order valence-electron chi connectivity index (χ2n) is 7.47. The van der Waals surface area contributed by atoms with E-state index in [-0.39, 0.29) is 24.8 Å². The van der Waals surface area contributed by atoms with Gasteiger partial charge in [-0.05, 0) is 36.5 Å². The van der Waals surface area contributed by atoms with Crippen molar-refractivity contribution >= 4 is 52.2 Å². The Morgan fingerprint density at radius 1 is 1.27 bits per heavy atom. The van der Waals surface area contributed by atoms with Crippen LogP contribution in [0.4, 0.5) is 0 Å². The number of thiocarbonyl (C=S) groups is 1. The molecule has 1 atom stereocenters. The largest absolute Gasteiger partial charge is 0.480 e. The van der Waals surface area contributed by atoms with Gasteiger partial charge in [-0.3, -0.25) is 14.5 Å². The van der Waals surface area contributed by atoms with Gasteiger partial charge in [0.25, 0.3) is 5.91 Å². The highest BCUT2D eigenvalue weighted by Gasteiger charge is 2.32. The van der Waals surface area contributed by atoms with Crippen molar-refractivity contribution in [1.82, 2.24) is 10.2 Å². The minimum atomic E-state index is -1.06. The minimum Gasteiger partial charge on any atom is -0.480 e. The molecule has 1 aromatic rings. The molecule has 160 valence electrons. The van der Waals surface area contributed by atoms with Crippen LogP contribution in [-0.4, -0.2) is 44.7 Å². The Kier molecular flexibility index (Phi) is 8.80. The molecule has 0 aliphatic carbocycles. The molecule has 6 nitrogen and oxygen atoms in total. The Morgan fingerprint density at radius 2 is 1.93 bits per heavy atom. The lowest BCUT2D eigenvalue weighted by atomic mass is 10.0. The zero-order valence-electron chi connectivity index (χ0n) is 17.3. The van der Waals surface area contributed by atoms with Crippen molar-refractivity contribution in [2.75, 3.05) is 6.54 Å². The topological polar surface area (TPSA) is 86.7 Å². The Morgan fingerprint density at radius 3 is 2.53 bits per heavy atom. The van der Waals surface area contributed by atoms with Crippen molar-refractivity contribution in [3.8, 4) is 0 Å². The lowest BCUT2D eigenvalue weighted by Crippen LogP contribution is -2.43. The zero-order valence-corrected chi connectivity index (χ0v) is 18.9. The number of thioether (sulfide) groups is 1. The van der Waals surface area contributed by atoms with E-state index in [1.54, 1.807) is 6.08 Å². The van der Waals surface area contributed by atoms with Gasteiger partial charge >= 0.3 is 5.97 Å². The molecule has 8 heteroatoms. The molecule has 0 unspecified atom stereocenters. The van der Waals surface area contributed by atoms with Crippen LogP contribution in [0, 0.1) is 5.92 Å². The number of aliphatic carboxylic acids is 1. The summed E-state index contributed by atoms with van der Waals surface area (Å²) in [5.74, 6) is -1.58. The molecule has 0 saturated carbocycles. The summed E-state index contributed by atoms with van der Waals surface area (Å²) in [5.41, 5.74) is 1.95. The fourth-order valence-corrected chi connectivity index (χ4v) is 4.28. The summed E-state index contributed by atoms with van der Waals surface area (Å²) in [6, 6.07) is 8.85. The molecule has 30 heavy (non-hydrogen) atoms. The quantitative estimate of drug-likeness (QED) is 0.443. The molecule has 2 N–H and O–H groups in total. The van der Waals surface area contributed by atoms with Crippen LogP contribution in [0.5, 0.6) is 0 Å². The van der Waals surface area contributed by atoms with E-state index in [9.17, 15) is 19.5 Å². The Bertz CT molecular complexity index is 878. The summed E-state index contributed by atoms with van der Waals surface area (Å²) in [7, 11) is 0. The third-order valence-electron chi connectivity index (χ3n) is 4.33. The molecular formula is C22H26N2O4S2. The summed E-state index contributed by atoms with van der Waals surface area (Å²) in [6.07, 6.45) is 4.09. The highest BCUT2D eigenvalue weighted by atomic mass is 32.2. The first-order valence-electron chi connectivity index (χ1n) is 9.68. The number of benzene rings is 1. The molecule has 1 heterocycles. The summed E-state index contributed by atoms with van der Waals surface area (Å²) in [5, 5.41) is 11.8. The molecule has 0 spiro atoms. The third-order valence-corrected chi connectivity index (χ3v) is 5.71. The molecule has 0 aromatic heterocycles. The van der Waals surface area contributed by atoms with E-state index < -0.39 is 17.9 Å². The lowest BCUT2D eigenvalue weighted by molar-refractivity contribution is -0.142. The number of rotatable bonds is 9. The maximum absolute atomic E-state index is 12.7. The fourth-order valence-electron chi connectivity index (χ4n) is 2.93. The number of hydrogen-bond donors (Lipinski definition) is 2. The summed E-state index contributed by atoms with van der Waals surface area (Å²) in [6.45, 7) is 5.81. The van der Waals surface area contributed by atoms with Gasteiger partial charge in [-0.1, -0.05) is 74.2 Å². The summed E-state index contributed by atoms with van der Waals surface area (Å²) in [4.78, 5) is 38.1. The number of carbonyl (C=O) groups excluding carboxylic acids is 2. The SMILES string of the molecule is CC(=C\c1ccccc1)/C=C1/SC(=S)N(CCC(=O)N[C@H](CC(C)C)C(=O)O)C1=O. The van der Waals surface area contributed by atoms with Crippen LogP contribution in [-0.2, 0) is 14.4 Å². The number of allylic oxidation sites excluding steroid dienone is 2. The van der Waals surface area contributed by atoms with E-state index in [0.29, 0.717) is 15.6 Å². The standard InChI is InChI=1S/C22H26N2O4S2/c1-14(2)11-17(21(27)28)23-19(25)9-10-24-20(26)18(30-22(24)29)13-15(3)12-16-7-5-4-6-8-16/h4-8,12-14,17H,9-11H2,1-3H3,(H,23,25)(H,27,28)/b15-12+,18-13+/t17-/m1/s1. The van der Waals surface area contributed by atoms with Crippen LogP contribution >= 0.6 is 24.0 Å². The van der Waals surface area contributed by atoms with Gasteiger partial charge in [-0.25, -0.2) is 4.79 Å². The third kappa shape index (κ3) is 7.11. The van der Waals surface area contributed by atoms with Gasteiger partial charge in [0.2, 0.25) is 5.91 Å². The fraction of sp³-hybridized carbons (Fsp3) is 0.364. The Labute approximate surface area is 186 Å². The Hall–Kier alpha value is -2.45. The lowest BCUT2D eigenvalue weighted by Gasteiger charge is -2.18. The Balaban J connectivity index is 1.97. The highest BCUT2D eigenvalue weighted by molar-refractivity contribution is 8.26. The first-order valence-corrected chi connectivity index (χ1v) is 10.9. The molecule has 1 fully saturated rings. The summed E-state index contributed by atoms with van der Waals surface area (Å²) >= 11 is 6.50. The van der Waals surface area contributed by atoms with Crippen LogP contribution in [0.2, 0.25) is 0 Å². The molecule has 0 bridgehead atoms. The second-order valence-corrected chi connectivity index (χ2v) is 9.15. The summed E-state index contributed by atoms with van der Waals surface area (Å²) < 4.78 is 0.392. The molecule has 1 saturated heterocycles. The minimum absolute atomic E-state index is 0.0135. The normalized spacial score (nSPS) is 17.0. The van der Waals surface area contributed by atoms with Crippen molar-refractivity contribution in [2.24, 2.45) is 5.92 Å². The van der Waals surface area contributed by atoms with Gasteiger partial charge in [-0.2, -0.15) is 0 Å². The number of nitrogens with one attached hydrogen (secondary N) is 1. The predicted octanol–water partition coefficient (Wildman–Crippen LogP) is 3.84. The number of amides is 2. The molecular weight excluding hydrogens is 420 g/mol. The van der Waals surface area contributed by atoms with Gasteiger partial charge < -0.3 is 10.4 Å². The van der Waals surface area contributed by atoms with Gasteiger partial charge in [0, 0.05) is 13.0 Å². The molecule has 0 radical (unpaired) electrons. The number of carboxylic acid groups (broad SMARTS) is 1. The molecule has 2 rings (SSSR count). The van der Waals surface area contributed by atoms with Gasteiger partial charge in [-0.15, -0.1) is 0 Å². The van der Waals surface area contributed by atoms with Gasteiger partial charge in [0.05, 0.1) is 4.91 Å². The van der Waals surface area contributed by atoms with Crippen LogP contribution in [0.1, 0.15) is 39.2 Å². The first kappa shape index (κ1) is 23.8. The van der Waals surface area contributed by atoms with Crippen molar-refractivity contribution < 1.29 is 19.5 Å². The van der Waals surface area contributed by atoms with Crippen molar-refractivity contribution in [1.29, 1.82) is 0 Å². The van der Waals surface area contributed by atoms with Crippen LogP contribution in [0.15, 0.2) is 46.9 Å². The van der Waals surface area contributed by atoms with E-state index in [4.69, 9.17) is 12.2 Å². The number of hydrogen-bond acceptors (Lipinski definition) is 5. The predicted molar refractivity (Wildman–Crippen MR) is 124 cm³/mol.